The van der Waals surface area contributed by atoms with Crippen molar-refractivity contribution >= 4 is 12.0 Å². The smallest absolute Gasteiger partial charge is 0.416 e. The summed E-state index contributed by atoms with van der Waals surface area (Å²) in [5.74, 6) is -1.85. The number of alkyl halides is 3. The van der Waals surface area contributed by atoms with Gasteiger partial charge in [0.25, 0.3) is 0 Å². The van der Waals surface area contributed by atoms with Gasteiger partial charge >= 0.3 is 18.2 Å². The molecule has 0 aromatic heterocycles. The van der Waals surface area contributed by atoms with Crippen LogP contribution in [0.3, 0.4) is 0 Å². The molecule has 1 aromatic carbocycles. The first-order valence-corrected chi connectivity index (χ1v) is 6.11. The Morgan fingerprint density at radius 1 is 1.24 bits per heavy atom. The van der Waals surface area contributed by atoms with Crippen LogP contribution in [-0.4, -0.2) is 23.7 Å². The van der Waals surface area contributed by atoms with Gasteiger partial charge in [0.2, 0.25) is 0 Å². The second-order valence-electron chi connectivity index (χ2n) is 4.46. The Labute approximate surface area is 119 Å². The largest absolute Gasteiger partial charge is 0.481 e. The van der Waals surface area contributed by atoms with Gasteiger partial charge in [0.1, 0.15) is 0 Å². The van der Waals surface area contributed by atoms with E-state index in [0.29, 0.717) is 0 Å². The van der Waals surface area contributed by atoms with Gasteiger partial charge in [-0.05, 0) is 11.6 Å². The third-order valence-electron chi connectivity index (χ3n) is 2.75. The minimum absolute atomic E-state index is 0.0635. The van der Waals surface area contributed by atoms with Crippen molar-refractivity contribution in [2.45, 2.75) is 19.6 Å². The number of carbonyl (C=O) groups is 2. The van der Waals surface area contributed by atoms with Gasteiger partial charge in [0.05, 0.1) is 11.5 Å². The summed E-state index contributed by atoms with van der Waals surface area (Å²) in [7, 11) is 0. The summed E-state index contributed by atoms with van der Waals surface area (Å²) in [6.45, 7) is 0.993. The molecule has 1 aromatic rings. The number of halogens is 3. The lowest BCUT2D eigenvalue weighted by molar-refractivity contribution is -0.141. The Kier molecular flexibility index (Phi) is 5.57. The fraction of sp³-hybridized carbons (Fsp3) is 0.385. The molecule has 116 valence electrons. The predicted octanol–water partition coefficient (Wildman–Crippen LogP) is 2.23. The normalized spacial score (nSPS) is 12.6. The average Bonchev–Trinajstić information content (AvgIpc) is 2.41. The van der Waals surface area contributed by atoms with Gasteiger partial charge in [-0.15, -0.1) is 0 Å². The fourth-order valence-electron chi connectivity index (χ4n) is 1.52. The minimum atomic E-state index is -4.49. The van der Waals surface area contributed by atoms with Crippen molar-refractivity contribution < 1.29 is 27.9 Å². The maximum absolute atomic E-state index is 12.7. The molecule has 1 atom stereocenters. The first-order chi connectivity index (χ1) is 9.71. The number of aliphatic carboxylic acids is 1. The highest BCUT2D eigenvalue weighted by Gasteiger charge is 2.32. The molecule has 1 rings (SSSR count). The summed E-state index contributed by atoms with van der Waals surface area (Å²) in [6, 6.07) is 4.18. The molecule has 21 heavy (non-hydrogen) atoms. The van der Waals surface area contributed by atoms with Crippen LogP contribution < -0.4 is 10.6 Å². The highest BCUT2D eigenvalue weighted by atomic mass is 19.4. The SMILES string of the molecule is CC(CNC(=O)NCc1ccccc1C(F)(F)F)C(=O)O. The van der Waals surface area contributed by atoms with Gasteiger partial charge < -0.3 is 15.7 Å². The van der Waals surface area contributed by atoms with Gasteiger partial charge in [0, 0.05) is 13.1 Å². The quantitative estimate of drug-likeness (QED) is 0.780. The zero-order chi connectivity index (χ0) is 16.0. The summed E-state index contributed by atoms with van der Waals surface area (Å²) in [4.78, 5) is 22.0. The second kappa shape index (κ2) is 6.96. The number of nitrogens with one attached hydrogen (secondary N) is 2. The summed E-state index contributed by atoms with van der Waals surface area (Å²) in [5, 5.41) is 13.2. The van der Waals surface area contributed by atoms with Gasteiger partial charge in [-0.2, -0.15) is 13.2 Å². The lowest BCUT2D eigenvalue weighted by Gasteiger charge is -2.14. The summed E-state index contributed by atoms with van der Waals surface area (Å²) >= 11 is 0. The van der Waals surface area contributed by atoms with Crippen molar-refractivity contribution in [3.05, 3.63) is 35.4 Å². The molecule has 8 heteroatoms. The predicted molar refractivity (Wildman–Crippen MR) is 68.5 cm³/mol. The number of carbonyl (C=O) groups excluding carboxylic acids is 1. The summed E-state index contributed by atoms with van der Waals surface area (Å²) < 4.78 is 38.2. The van der Waals surface area contributed by atoms with E-state index in [4.69, 9.17) is 5.11 Å². The molecule has 0 aliphatic carbocycles. The van der Waals surface area contributed by atoms with Crippen LogP contribution in [-0.2, 0) is 17.5 Å². The molecule has 1 unspecified atom stereocenters. The van der Waals surface area contributed by atoms with Crippen LogP contribution >= 0.6 is 0 Å². The number of urea groups is 1. The topological polar surface area (TPSA) is 78.4 Å². The van der Waals surface area contributed by atoms with Gasteiger partial charge in [-0.25, -0.2) is 4.79 Å². The van der Waals surface area contributed by atoms with E-state index in [1.54, 1.807) is 0 Å². The maximum Gasteiger partial charge on any atom is 0.416 e. The number of amides is 2. The Bertz CT molecular complexity index is 518. The van der Waals surface area contributed by atoms with Crippen LogP contribution in [0.25, 0.3) is 0 Å². The number of carboxylic acids is 1. The summed E-state index contributed by atoms with van der Waals surface area (Å²) in [5.41, 5.74) is -0.879. The third-order valence-corrected chi connectivity index (χ3v) is 2.75. The van der Waals surface area contributed by atoms with E-state index >= 15 is 0 Å². The van der Waals surface area contributed by atoms with E-state index < -0.39 is 29.7 Å². The van der Waals surface area contributed by atoms with E-state index in [2.05, 4.69) is 10.6 Å². The van der Waals surface area contributed by atoms with Crippen molar-refractivity contribution in [1.29, 1.82) is 0 Å². The lowest BCUT2D eigenvalue weighted by Crippen LogP contribution is -2.39. The molecular formula is C13H15F3N2O3. The molecule has 0 aliphatic heterocycles. The molecule has 0 saturated carbocycles. The van der Waals surface area contributed by atoms with Crippen LogP contribution in [0, 0.1) is 5.92 Å². The minimum Gasteiger partial charge on any atom is -0.481 e. The molecule has 5 nitrogen and oxygen atoms in total. The van der Waals surface area contributed by atoms with Crippen molar-refractivity contribution in [3.63, 3.8) is 0 Å². The Morgan fingerprint density at radius 2 is 1.86 bits per heavy atom. The van der Waals surface area contributed by atoms with Crippen LogP contribution in [0.1, 0.15) is 18.1 Å². The number of carboxylic acid groups (broad SMARTS) is 1. The standard InChI is InChI=1S/C13H15F3N2O3/c1-8(11(19)20)6-17-12(21)18-7-9-4-2-3-5-10(9)13(14,15)16/h2-5,8H,6-7H2,1H3,(H,19,20)(H2,17,18,21). The molecule has 2 amide bonds. The monoisotopic (exact) mass is 304 g/mol. The molecule has 0 fully saturated rings. The van der Waals surface area contributed by atoms with Crippen LogP contribution in [0.2, 0.25) is 0 Å². The molecule has 0 spiro atoms. The van der Waals surface area contributed by atoms with Gasteiger partial charge in [0.15, 0.2) is 0 Å². The Balaban J connectivity index is 2.56. The van der Waals surface area contributed by atoms with Gasteiger partial charge in [-0.1, -0.05) is 25.1 Å². The highest BCUT2D eigenvalue weighted by Crippen LogP contribution is 2.31. The average molecular weight is 304 g/mol. The van der Waals surface area contributed by atoms with E-state index in [1.807, 2.05) is 0 Å². The zero-order valence-electron chi connectivity index (χ0n) is 11.2. The van der Waals surface area contributed by atoms with E-state index in [9.17, 15) is 22.8 Å². The van der Waals surface area contributed by atoms with E-state index in [-0.39, 0.29) is 18.7 Å². The first kappa shape index (κ1) is 16.8. The van der Waals surface area contributed by atoms with Crippen molar-refractivity contribution in [3.8, 4) is 0 Å². The number of benzene rings is 1. The lowest BCUT2D eigenvalue weighted by atomic mass is 10.1. The molecule has 0 aliphatic rings. The third kappa shape index (κ3) is 5.33. The summed E-state index contributed by atoms with van der Waals surface area (Å²) in [6.07, 6.45) is -4.49. The van der Waals surface area contributed by atoms with Gasteiger partial charge in [-0.3, -0.25) is 4.79 Å². The van der Waals surface area contributed by atoms with Crippen molar-refractivity contribution in [2.75, 3.05) is 6.54 Å². The molecule has 3 N–H and O–H groups in total. The fourth-order valence-corrected chi connectivity index (χ4v) is 1.52. The van der Waals surface area contributed by atoms with Crippen LogP contribution in [0.5, 0.6) is 0 Å². The molecule has 0 saturated heterocycles. The highest BCUT2D eigenvalue weighted by molar-refractivity contribution is 5.75. The number of hydrogen-bond donors (Lipinski definition) is 3. The molecule has 0 bridgehead atoms. The van der Waals surface area contributed by atoms with Crippen molar-refractivity contribution in [1.82, 2.24) is 10.6 Å². The second-order valence-corrected chi connectivity index (χ2v) is 4.46. The molecule has 0 heterocycles. The van der Waals surface area contributed by atoms with Crippen LogP contribution in [0.4, 0.5) is 18.0 Å². The van der Waals surface area contributed by atoms with Crippen LogP contribution in [0.15, 0.2) is 24.3 Å². The molecule has 0 radical (unpaired) electrons. The zero-order valence-corrected chi connectivity index (χ0v) is 11.2. The first-order valence-electron chi connectivity index (χ1n) is 6.11. The molecular weight excluding hydrogens is 289 g/mol. The van der Waals surface area contributed by atoms with E-state index in [1.165, 1.54) is 25.1 Å². The number of hydrogen-bond acceptors (Lipinski definition) is 2. The Hall–Kier alpha value is -2.25. The van der Waals surface area contributed by atoms with E-state index in [0.717, 1.165) is 6.07 Å². The Morgan fingerprint density at radius 3 is 2.43 bits per heavy atom. The van der Waals surface area contributed by atoms with Crippen molar-refractivity contribution in [2.24, 2.45) is 5.92 Å². The number of rotatable bonds is 5. The maximum atomic E-state index is 12.7.